The Labute approximate surface area is 257 Å². The molecule has 0 aromatic heterocycles. The minimum atomic E-state index is -4.22. The molecule has 0 bridgehead atoms. The summed E-state index contributed by atoms with van der Waals surface area (Å²) in [5, 5.41) is 2.92. The molecule has 0 aliphatic rings. The number of sulfonamides is 1. The molecule has 0 unspecified atom stereocenters. The number of anilines is 1. The fourth-order valence-corrected chi connectivity index (χ4v) is 6.29. The van der Waals surface area contributed by atoms with Crippen molar-refractivity contribution in [3.63, 3.8) is 0 Å². The maximum atomic E-state index is 14.1. The van der Waals surface area contributed by atoms with Crippen molar-refractivity contribution in [1.29, 1.82) is 0 Å². The molecular weight excluding hydrogens is 622 g/mol. The Bertz CT molecular complexity index is 1500. The highest BCUT2D eigenvalue weighted by molar-refractivity contribution is 9.10. The summed E-state index contributed by atoms with van der Waals surface area (Å²) in [6, 6.07) is 17.5. The van der Waals surface area contributed by atoms with Crippen LogP contribution in [0.5, 0.6) is 11.5 Å². The van der Waals surface area contributed by atoms with Crippen molar-refractivity contribution in [2.75, 3.05) is 25.1 Å². The molecular formula is C31H38BrN3O6S. The summed E-state index contributed by atoms with van der Waals surface area (Å²) in [6.07, 6.45) is 0. The van der Waals surface area contributed by atoms with E-state index in [1.54, 1.807) is 68.6 Å². The molecule has 0 heterocycles. The third kappa shape index (κ3) is 8.25. The first kappa shape index (κ1) is 32.9. The predicted molar refractivity (Wildman–Crippen MR) is 167 cm³/mol. The van der Waals surface area contributed by atoms with Crippen LogP contribution in [0.4, 0.5) is 5.69 Å². The van der Waals surface area contributed by atoms with Gasteiger partial charge in [0.1, 0.15) is 24.1 Å². The van der Waals surface area contributed by atoms with E-state index in [-0.39, 0.29) is 17.3 Å². The van der Waals surface area contributed by atoms with Crippen molar-refractivity contribution in [2.24, 2.45) is 0 Å². The summed E-state index contributed by atoms with van der Waals surface area (Å²) in [4.78, 5) is 28.7. The lowest BCUT2D eigenvalue weighted by Crippen LogP contribution is -2.54. The molecule has 3 aromatic rings. The fourth-order valence-electron chi connectivity index (χ4n) is 4.16. The maximum Gasteiger partial charge on any atom is 0.264 e. The van der Waals surface area contributed by atoms with E-state index in [9.17, 15) is 18.0 Å². The molecule has 0 radical (unpaired) electrons. The van der Waals surface area contributed by atoms with Crippen LogP contribution in [0, 0.1) is 6.92 Å². The van der Waals surface area contributed by atoms with Crippen LogP contribution >= 0.6 is 15.9 Å². The summed E-state index contributed by atoms with van der Waals surface area (Å²) in [7, 11) is -1.17. The second-order valence-corrected chi connectivity index (χ2v) is 13.6. The van der Waals surface area contributed by atoms with Gasteiger partial charge in [-0.15, -0.1) is 0 Å². The van der Waals surface area contributed by atoms with Gasteiger partial charge in [-0.2, -0.15) is 0 Å². The van der Waals surface area contributed by atoms with Crippen LogP contribution in [0.1, 0.15) is 38.8 Å². The maximum absolute atomic E-state index is 14.1. The molecule has 42 heavy (non-hydrogen) atoms. The van der Waals surface area contributed by atoms with Crippen molar-refractivity contribution < 1.29 is 27.5 Å². The first-order valence-electron chi connectivity index (χ1n) is 13.3. The molecule has 226 valence electrons. The molecule has 0 aliphatic heterocycles. The number of methoxy groups -OCH3 is 2. The number of aryl methyl sites for hydroxylation is 1. The van der Waals surface area contributed by atoms with Gasteiger partial charge in [-0.3, -0.25) is 13.9 Å². The topological polar surface area (TPSA) is 105 Å². The van der Waals surface area contributed by atoms with E-state index in [1.807, 2.05) is 27.7 Å². The monoisotopic (exact) mass is 659 g/mol. The van der Waals surface area contributed by atoms with E-state index in [0.717, 1.165) is 15.4 Å². The number of rotatable bonds is 11. The van der Waals surface area contributed by atoms with E-state index in [0.29, 0.717) is 21.7 Å². The molecule has 0 aliphatic carbocycles. The summed E-state index contributed by atoms with van der Waals surface area (Å²) >= 11 is 3.36. The van der Waals surface area contributed by atoms with Crippen LogP contribution in [-0.2, 0) is 26.2 Å². The molecule has 9 nitrogen and oxygen atoms in total. The van der Waals surface area contributed by atoms with Gasteiger partial charge in [-0.25, -0.2) is 8.42 Å². The Morgan fingerprint density at radius 2 is 1.57 bits per heavy atom. The number of benzene rings is 3. The Morgan fingerprint density at radius 1 is 0.952 bits per heavy atom. The van der Waals surface area contributed by atoms with Crippen molar-refractivity contribution in [3.05, 3.63) is 82.3 Å². The summed E-state index contributed by atoms with van der Waals surface area (Å²) in [5.74, 6) is 0.223. The van der Waals surface area contributed by atoms with Crippen LogP contribution in [0.25, 0.3) is 0 Å². The van der Waals surface area contributed by atoms with Crippen molar-refractivity contribution in [1.82, 2.24) is 10.2 Å². The molecule has 0 fully saturated rings. The van der Waals surface area contributed by atoms with Crippen molar-refractivity contribution in [3.8, 4) is 11.5 Å². The molecule has 2 amide bonds. The van der Waals surface area contributed by atoms with Crippen molar-refractivity contribution >= 4 is 43.5 Å². The fraction of sp³-hybridized carbons (Fsp3) is 0.355. The molecule has 0 saturated heterocycles. The average Bonchev–Trinajstić information content (AvgIpc) is 2.94. The zero-order chi connectivity index (χ0) is 31.2. The number of hydrogen-bond donors (Lipinski definition) is 1. The third-order valence-electron chi connectivity index (χ3n) is 6.49. The molecule has 1 atom stereocenters. The largest absolute Gasteiger partial charge is 0.497 e. The molecule has 3 aromatic carbocycles. The summed E-state index contributed by atoms with van der Waals surface area (Å²) in [6.45, 7) is 8.63. The minimum absolute atomic E-state index is 0.0243. The quantitative estimate of drug-likeness (QED) is 0.299. The van der Waals surface area contributed by atoms with E-state index in [2.05, 4.69) is 21.2 Å². The molecule has 0 saturated carbocycles. The number of carbonyl (C=O) groups is 2. The Morgan fingerprint density at radius 3 is 2.10 bits per heavy atom. The molecule has 3 rings (SSSR count). The van der Waals surface area contributed by atoms with Crippen LogP contribution in [-0.4, -0.2) is 57.5 Å². The Kier molecular flexibility index (Phi) is 10.7. The Hall–Kier alpha value is -3.57. The standard InChI is InChI=1S/C31H38BrN3O6S/c1-21-8-12-24(13-9-21)35(42(38,39)26-16-17-28(41-7)27(32)18-26)20-29(36)34(22(2)30(37)33-31(3,4)5)19-23-10-14-25(40-6)15-11-23/h8-18,22H,19-20H2,1-7H3,(H,33,37)/t22-/m0/s1. The number of hydrogen-bond acceptors (Lipinski definition) is 6. The number of nitrogens with zero attached hydrogens (tertiary/aromatic N) is 2. The zero-order valence-corrected chi connectivity index (χ0v) is 27.4. The highest BCUT2D eigenvalue weighted by Gasteiger charge is 2.33. The van der Waals surface area contributed by atoms with Gasteiger partial charge in [0.15, 0.2) is 0 Å². The summed E-state index contributed by atoms with van der Waals surface area (Å²) in [5.41, 5.74) is 1.47. The van der Waals surface area contributed by atoms with Gasteiger partial charge in [0.2, 0.25) is 11.8 Å². The smallest absolute Gasteiger partial charge is 0.264 e. The normalized spacial score (nSPS) is 12.3. The van der Waals surface area contributed by atoms with Gasteiger partial charge in [0.05, 0.1) is 29.3 Å². The summed E-state index contributed by atoms with van der Waals surface area (Å²) < 4.78 is 40.1. The minimum Gasteiger partial charge on any atom is -0.497 e. The lowest BCUT2D eigenvalue weighted by Gasteiger charge is -2.33. The second kappa shape index (κ2) is 13.6. The van der Waals surface area contributed by atoms with Gasteiger partial charge in [-0.1, -0.05) is 29.8 Å². The predicted octanol–water partition coefficient (Wildman–Crippen LogP) is 5.30. The number of ether oxygens (including phenoxy) is 2. The lowest BCUT2D eigenvalue weighted by molar-refractivity contribution is -0.140. The first-order valence-corrected chi connectivity index (χ1v) is 15.6. The third-order valence-corrected chi connectivity index (χ3v) is 8.88. The van der Waals surface area contributed by atoms with Crippen molar-refractivity contribution in [2.45, 2.75) is 57.6 Å². The van der Waals surface area contributed by atoms with Crippen LogP contribution in [0.15, 0.2) is 76.1 Å². The van der Waals surface area contributed by atoms with E-state index < -0.39 is 34.1 Å². The van der Waals surface area contributed by atoms with Crippen LogP contribution in [0.3, 0.4) is 0 Å². The van der Waals surface area contributed by atoms with Gasteiger partial charge in [0.25, 0.3) is 10.0 Å². The highest BCUT2D eigenvalue weighted by Crippen LogP contribution is 2.31. The van der Waals surface area contributed by atoms with Crippen LogP contribution < -0.4 is 19.1 Å². The second-order valence-electron chi connectivity index (χ2n) is 10.9. The number of halogens is 1. The first-order chi connectivity index (χ1) is 19.7. The molecule has 1 N–H and O–H groups in total. The number of amides is 2. The average molecular weight is 661 g/mol. The van der Waals surface area contributed by atoms with E-state index in [4.69, 9.17) is 9.47 Å². The molecule has 11 heteroatoms. The lowest BCUT2D eigenvalue weighted by atomic mass is 10.1. The van der Waals surface area contributed by atoms with Gasteiger partial charge >= 0.3 is 0 Å². The SMILES string of the molecule is COc1ccc(CN(C(=O)CN(c2ccc(C)cc2)S(=O)(=O)c2ccc(OC)c(Br)c2)[C@@H](C)C(=O)NC(C)(C)C)cc1. The van der Waals surface area contributed by atoms with Gasteiger partial charge in [-0.05, 0) is 98.6 Å². The Balaban J connectivity index is 2.05. The van der Waals surface area contributed by atoms with Gasteiger partial charge < -0.3 is 19.7 Å². The number of nitrogens with one attached hydrogen (secondary N) is 1. The van der Waals surface area contributed by atoms with Crippen LogP contribution in [0.2, 0.25) is 0 Å². The zero-order valence-electron chi connectivity index (χ0n) is 25.0. The molecule has 0 spiro atoms. The highest BCUT2D eigenvalue weighted by atomic mass is 79.9. The van der Waals surface area contributed by atoms with E-state index in [1.165, 1.54) is 24.1 Å². The van der Waals surface area contributed by atoms with E-state index >= 15 is 0 Å². The number of carbonyl (C=O) groups excluding carboxylic acids is 2. The van der Waals surface area contributed by atoms with Gasteiger partial charge in [0, 0.05) is 12.1 Å².